The SMILES string of the molecule is CC(=O)CCC(=O)O[C@H]1CC[C@H](O[C@@H]2C[C@H](O[C@@H]3[C@@H](C)O[C@H](O[C@H]4CC[C@H](O[C@@H]5[C@@H](C)O[C@@H](O[C@@H]6[C@@H](C)O[C@@H](Oc7ccc(OCOCC[Si](C)(C)C)cc7)C[C@H]6OCc6ccccc6)C[C@H]5OCc5ccc6ccccc6c5)O[C@H]4C)C[C@H]3OCc3ccccc3)O[C@H](C)[C@H]2OS(=O)(=O)Cc2ccccc2)O[C@H]1C. The molecule has 12 rings (SSSR count). The molecule has 6 aromatic carbocycles. The molecule has 6 heterocycles. The van der Waals surface area contributed by atoms with Crippen molar-refractivity contribution in [2.75, 3.05) is 13.4 Å². The van der Waals surface area contributed by atoms with Gasteiger partial charge >= 0.3 is 5.97 Å². The average molecular weight is 1560 g/mol. The maximum Gasteiger partial charge on any atom is 0.306 e. The van der Waals surface area contributed by atoms with Gasteiger partial charge in [0.25, 0.3) is 10.1 Å². The zero-order valence-electron chi connectivity index (χ0n) is 65.0. The summed E-state index contributed by atoms with van der Waals surface area (Å²) in [5.74, 6) is 0.336. The van der Waals surface area contributed by atoms with Crippen LogP contribution in [0.5, 0.6) is 11.5 Å². The standard InChI is InChI=1S/C85H112O23SSi/c1-54(86)30-39-75(87)102-69-37-40-76(95-55(69)2)104-74-48-81(100-60(7)85(74)108-109(88,89)52-63-26-18-13-19-27-63)107-84-59(6)98-79(46-72(84)92-50-62-24-16-12-17-25-62)103-70-38-41-77(96-56(70)3)105-82-57(4)99-80(47-73(82)93-51-64-31-32-65-28-20-21-29-66(65)44-64)106-83-58(5)97-78(45-71(83)91-49-61-22-14-11-15-23-61)101-68-35-33-67(34-36-68)94-53-90-42-43-110(8,9)10/h11-29,31-36,44,55-60,69-74,76-85H,30,37-43,45-53H2,1-10H3/t55-,56-,57+,58+,59+,60+,69-,70-,71+,72+,73+,74+,76-,77-,78-,79+,80-,81-,82+,83+,84+,85+/m0/s1. The number of ketones is 1. The monoisotopic (exact) mass is 1560 g/mol. The second-order valence-electron chi connectivity index (χ2n) is 31.1. The predicted molar refractivity (Wildman–Crippen MR) is 410 cm³/mol. The Morgan fingerprint density at radius 3 is 1.43 bits per heavy atom. The lowest BCUT2D eigenvalue weighted by Crippen LogP contribution is -2.57. The number of hydrogen-bond acceptors (Lipinski definition) is 23. The number of fused-ring (bicyclic) bond motifs is 1. The number of carbonyl (C=O) groups is 2. The topological polar surface area (TPSA) is 244 Å². The molecule has 110 heavy (non-hydrogen) atoms. The molecular weight excluding hydrogens is 1450 g/mol. The summed E-state index contributed by atoms with van der Waals surface area (Å²) < 4.78 is 153. The van der Waals surface area contributed by atoms with E-state index in [2.05, 4.69) is 50.0 Å². The molecule has 0 saturated carbocycles. The molecule has 22 atom stereocenters. The second-order valence-corrected chi connectivity index (χ2v) is 38.3. The Labute approximate surface area is 649 Å². The van der Waals surface area contributed by atoms with E-state index in [9.17, 15) is 18.0 Å². The van der Waals surface area contributed by atoms with E-state index in [1.807, 2.05) is 131 Å². The van der Waals surface area contributed by atoms with Crippen molar-refractivity contribution >= 4 is 40.7 Å². The fraction of sp³-hybridized carbons (Fsp3) is 0.576. The van der Waals surface area contributed by atoms with Crippen LogP contribution < -0.4 is 9.47 Å². The summed E-state index contributed by atoms with van der Waals surface area (Å²) in [6.45, 7) is 21.5. The maximum absolute atomic E-state index is 13.9. The number of benzene rings is 6. The number of rotatable bonds is 35. The van der Waals surface area contributed by atoms with Crippen LogP contribution in [0.15, 0.2) is 158 Å². The number of ether oxygens (including phenoxy) is 18. The number of esters is 1. The summed E-state index contributed by atoms with van der Waals surface area (Å²) in [6, 6.07) is 51.9. The molecule has 0 unspecified atom stereocenters. The van der Waals surface area contributed by atoms with E-state index in [4.69, 9.17) is 89.4 Å². The number of carbonyl (C=O) groups excluding carboxylic acids is 2. The summed E-state index contributed by atoms with van der Waals surface area (Å²) >= 11 is 0. The Bertz CT molecular complexity index is 3920. The van der Waals surface area contributed by atoms with Crippen molar-refractivity contribution in [2.45, 2.75) is 299 Å². The largest absolute Gasteiger partial charge is 0.468 e. The highest BCUT2D eigenvalue weighted by Crippen LogP contribution is 2.40. The molecule has 0 N–H and O–H groups in total. The van der Waals surface area contributed by atoms with Gasteiger partial charge in [0.1, 0.15) is 53.6 Å². The van der Waals surface area contributed by atoms with Crippen LogP contribution in [-0.2, 0) is 125 Å². The number of hydrogen-bond donors (Lipinski definition) is 0. The average Bonchev–Trinajstić information content (AvgIpc) is 0.796. The van der Waals surface area contributed by atoms with Crippen molar-refractivity contribution in [1.82, 2.24) is 0 Å². The van der Waals surface area contributed by atoms with Gasteiger partial charge in [-0.1, -0.05) is 147 Å². The quantitative estimate of drug-likeness (QED) is 0.0118. The van der Waals surface area contributed by atoms with Crippen LogP contribution >= 0.6 is 0 Å². The lowest BCUT2D eigenvalue weighted by molar-refractivity contribution is -0.345. The molecule has 0 radical (unpaired) electrons. The van der Waals surface area contributed by atoms with Gasteiger partial charge in [0.15, 0.2) is 38.2 Å². The van der Waals surface area contributed by atoms with Gasteiger partial charge in [-0.3, -0.25) is 8.98 Å². The zero-order valence-corrected chi connectivity index (χ0v) is 66.8. The highest BCUT2D eigenvalue weighted by atomic mass is 32.2. The molecule has 6 aliphatic rings. The van der Waals surface area contributed by atoms with Gasteiger partial charge in [0.05, 0.1) is 93.4 Å². The van der Waals surface area contributed by atoms with E-state index in [0.717, 1.165) is 33.5 Å². The van der Waals surface area contributed by atoms with Gasteiger partial charge in [-0.2, -0.15) is 8.42 Å². The Hall–Kier alpha value is -6.15. The normalized spacial score (nSPS) is 31.7. The lowest BCUT2D eigenvalue weighted by Gasteiger charge is -2.47. The first kappa shape index (κ1) is 83.3. The number of Topliss-reactive ketones (excluding diaryl/α,β-unsaturated/α-hetero) is 1. The molecule has 6 saturated heterocycles. The molecular formula is C85H112O23SSi. The minimum atomic E-state index is -4.18. The van der Waals surface area contributed by atoms with Crippen molar-refractivity contribution in [2.24, 2.45) is 0 Å². The molecule has 0 aromatic heterocycles. The minimum absolute atomic E-state index is 0.0293. The Morgan fingerprint density at radius 2 is 0.873 bits per heavy atom. The van der Waals surface area contributed by atoms with Crippen LogP contribution in [-0.4, -0.2) is 177 Å². The summed E-state index contributed by atoms with van der Waals surface area (Å²) in [5.41, 5.74) is 3.55. The summed E-state index contributed by atoms with van der Waals surface area (Å²) in [4.78, 5) is 24.3. The lowest BCUT2D eigenvalue weighted by atomic mass is 9.99. The third-order valence-electron chi connectivity index (χ3n) is 20.9. The van der Waals surface area contributed by atoms with Crippen LogP contribution in [0.1, 0.15) is 135 Å². The second kappa shape index (κ2) is 39.7. The summed E-state index contributed by atoms with van der Waals surface area (Å²) in [7, 11) is -5.40. The van der Waals surface area contributed by atoms with Gasteiger partial charge in [-0.25, -0.2) is 0 Å². The van der Waals surface area contributed by atoms with Crippen molar-refractivity contribution in [3.63, 3.8) is 0 Å². The molecule has 0 bridgehead atoms. The highest BCUT2D eigenvalue weighted by Gasteiger charge is 2.50. The van der Waals surface area contributed by atoms with Crippen LogP contribution in [0.25, 0.3) is 10.8 Å². The van der Waals surface area contributed by atoms with Gasteiger partial charge in [-0.15, -0.1) is 0 Å². The van der Waals surface area contributed by atoms with Crippen molar-refractivity contribution in [3.8, 4) is 11.5 Å². The van der Waals surface area contributed by atoms with E-state index >= 15 is 0 Å². The molecule has 25 heteroatoms. The molecule has 0 amide bonds. The first-order chi connectivity index (χ1) is 53.0. The van der Waals surface area contributed by atoms with Crippen molar-refractivity contribution in [1.29, 1.82) is 0 Å². The van der Waals surface area contributed by atoms with Gasteiger partial charge in [0.2, 0.25) is 6.29 Å². The Balaban J connectivity index is 0.693. The van der Waals surface area contributed by atoms with Crippen LogP contribution in [0, 0.1) is 0 Å². The molecule has 23 nitrogen and oxygen atoms in total. The zero-order chi connectivity index (χ0) is 77.3. The van der Waals surface area contributed by atoms with E-state index in [0.29, 0.717) is 75.4 Å². The molecule has 0 spiro atoms. The minimum Gasteiger partial charge on any atom is -0.468 e. The first-order valence-corrected chi connectivity index (χ1v) is 44.5. The van der Waals surface area contributed by atoms with Gasteiger partial charge in [0, 0.05) is 59.6 Å². The van der Waals surface area contributed by atoms with E-state index in [1.165, 1.54) is 6.92 Å². The molecule has 0 aliphatic carbocycles. The maximum atomic E-state index is 13.9. The first-order valence-electron chi connectivity index (χ1n) is 39.2. The Morgan fingerprint density at radius 1 is 0.427 bits per heavy atom. The third-order valence-corrected chi connectivity index (χ3v) is 23.8. The van der Waals surface area contributed by atoms with E-state index in [-0.39, 0.29) is 50.6 Å². The molecule has 6 aliphatic heterocycles. The highest BCUT2D eigenvalue weighted by molar-refractivity contribution is 7.85. The van der Waals surface area contributed by atoms with Crippen LogP contribution in [0.4, 0.5) is 0 Å². The smallest absolute Gasteiger partial charge is 0.306 e. The predicted octanol–water partition coefficient (Wildman–Crippen LogP) is 14.4. The molecule has 600 valence electrons. The van der Waals surface area contributed by atoms with Gasteiger partial charge in [-0.05, 0) is 131 Å². The van der Waals surface area contributed by atoms with E-state index in [1.54, 1.807) is 38.1 Å². The van der Waals surface area contributed by atoms with Crippen LogP contribution in [0.2, 0.25) is 25.7 Å². The summed E-state index contributed by atoms with van der Waals surface area (Å²) in [6.07, 6.45) is -11.5. The summed E-state index contributed by atoms with van der Waals surface area (Å²) in [5, 5.41) is 2.25. The fourth-order valence-electron chi connectivity index (χ4n) is 14.9. The fourth-order valence-corrected chi connectivity index (χ4v) is 16.9. The molecule has 6 aromatic rings. The molecule has 6 fully saturated rings. The Kier molecular flexibility index (Phi) is 30.1. The van der Waals surface area contributed by atoms with E-state index < -0.39 is 160 Å². The van der Waals surface area contributed by atoms with Crippen LogP contribution in [0.3, 0.4) is 0 Å². The third kappa shape index (κ3) is 24.7. The van der Waals surface area contributed by atoms with Crippen molar-refractivity contribution in [3.05, 3.63) is 180 Å². The van der Waals surface area contributed by atoms with Crippen molar-refractivity contribution < 1.29 is 107 Å². The van der Waals surface area contributed by atoms with Gasteiger partial charge < -0.3 is 90.1 Å².